The molecule has 1 aromatic carbocycles. The summed E-state index contributed by atoms with van der Waals surface area (Å²) in [7, 11) is 0. The Morgan fingerprint density at radius 1 is 1.10 bits per heavy atom. The SMILES string of the molecule is O=C1N(C2CCCCC2)CC(CCCl)N1c1ccccc1. The lowest BCUT2D eigenvalue weighted by Crippen LogP contribution is -2.40. The van der Waals surface area contributed by atoms with E-state index >= 15 is 0 Å². The Kier molecular flexibility index (Phi) is 4.69. The fraction of sp³-hybridized carbons (Fsp3) is 0.588. The normalized spacial score (nSPS) is 23.9. The second-order valence-corrected chi connectivity index (χ2v) is 6.44. The predicted octanol–water partition coefficient (Wildman–Crippen LogP) is 4.26. The van der Waals surface area contributed by atoms with Crippen molar-refractivity contribution in [1.82, 2.24) is 4.90 Å². The highest BCUT2D eigenvalue weighted by atomic mass is 35.5. The first-order chi connectivity index (χ1) is 10.3. The molecule has 1 unspecified atom stereocenters. The smallest absolute Gasteiger partial charge is 0.319 e. The minimum atomic E-state index is 0.170. The van der Waals surface area contributed by atoms with E-state index in [0.717, 1.165) is 31.5 Å². The largest absolute Gasteiger partial charge is 0.325 e. The maximum Gasteiger partial charge on any atom is 0.325 e. The quantitative estimate of drug-likeness (QED) is 0.762. The second kappa shape index (κ2) is 6.69. The third kappa shape index (κ3) is 3.03. The van der Waals surface area contributed by atoms with Gasteiger partial charge in [-0.1, -0.05) is 37.5 Å². The molecule has 1 saturated heterocycles. The van der Waals surface area contributed by atoms with Crippen LogP contribution in [-0.2, 0) is 0 Å². The van der Waals surface area contributed by atoms with Gasteiger partial charge in [0.05, 0.1) is 6.04 Å². The molecule has 0 aromatic heterocycles. The Morgan fingerprint density at radius 3 is 2.48 bits per heavy atom. The summed E-state index contributed by atoms with van der Waals surface area (Å²) in [5.74, 6) is 0.597. The Hall–Kier alpha value is -1.22. The Labute approximate surface area is 131 Å². The summed E-state index contributed by atoms with van der Waals surface area (Å²) in [5, 5.41) is 0. The Morgan fingerprint density at radius 2 is 1.81 bits per heavy atom. The molecule has 1 heterocycles. The molecule has 2 amide bonds. The van der Waals surface area contributed by atoms with E-state index in [1.54, 1.807) is 0 Å². The molecule has 0 radical (unpaired) electrons. The van der Waals surface area contributed by atoms with Crippen molar-refractivity contribution in [2.75, 3.05) is 17.3 Å². The number of urea groups is 1. The van der Waals surface area contributed by atoms with Gasteiger partial charge in [0.1, 0.15) is 0 Å². The summed E-state index contributed by atoms with van der Waals surface area (Å²) >= 11 is 5.96. The van der Waals surface area contributed by atoms with E-state index in [1.807, 2.05) is 35.2 Å². The topological polar surface area (TPSA) is 23.6 Å². The van der Waals surface area contributed by atoms with Crippen LogP contribution in [-0.4, -0.2) is 35.4 Å². The summed E-state index contributed by atoms with van der Waals surface area (Å²) < 4.78 is 0. The van der Waals surface area contributed by atoms with Crippen LogP contribution in [0.25, 0.3) is 0 Å². The molecule has 1 atom stereocenters. The lowest BCUT2D eigenvalue weighted by Gasteiger charge is -2.30. The number of amides is 2. The summed E-state index contributed by atoms with van der Waals surface area (Å²) in [4.78, 5) is 17.0. The number of para-hydroxylation sites is 1. The molecule has 0 N–H and O–H groups in total. The highest BCUT2D eigenvalue weighted by Gasteiger charge is 2.41. The number of carbonyl (C=O) groups is 1. The standard InChI is InChI=1S/C17H23ClN2O/c18-12-11-16-13-19(14-7-3-1-4-8-14)17(21)20(16)15-9-5-2-6-10-15/h2,5-6,9-10,14,16H,1,3-4,7-8,11-13H2. The Bertz CT molecular complexity index is 473. The van der Waals surface area contributed by atoms with Gasteiger partial charge in [-0.15, -0.1) is 11.6 Å². The summed E-state index contributed by atoms with van der Waals surface area (Å²) in [6.45, 7) is 0.825. The number of nitrogens with zero attached hydrogens (tertiary/aromatic N) is 2. The molecule has 21 heavy (non-hydrogen) atoms. The number of alkyl halides is 1. The van der Waals surface area contributed by atoms with Crippen molar-refractivity contribution in [1.29, 1.82) is 0 Å². The van der Waals surface area contributed by atoms with Crippen molar-refractivity contribution >= 4 is 23.3 Å². The average molecular weight is 307 g/mol. The van der Waals surface area contributed by atoms with Crippen molar-refractivity contribution in [2.24, 2.45) is 0 Å². The minimum absolute atomic E-state index is 0.170. The number of rotatable bonds is 4. The molecular formula is C17H23ClN2O. The van der Waals surface area contributed by atoms with Gasteiger partial charge in [-0.05, 0) is 31.4 Å². The predicted molar refractivity (Wildman–Crippen MR) is 87.0 cm³/mol. The van der Waals surface area contributed by atoms with Crippen molar-refractivity contribution < 1.29 is 4.79 Å². The second-order valence-electron chi connectivity index (χ2n) is 6.06. The zero-order chi connectivity index (χ0) is 14.7. The lowest BCUT2D eigenvalue weighted by atomic mass is 9.94. The van der Waals surface area contributed by atoms with Crippen molar-refractivity contribution in [2.45, 2.75) is 50.6 Å². The number of hydrogen-bond acceptors (Lipinski definition) is 1. The summed E-state index contributed by atoms with van der Waals surface area (Å²) in [6, 6.07) is 10.8. The molecule has 1 aromatic rings. The molecule has 2 aliphatic rings. The van der Waals surface area contributed by atoms with Gasteiger partial charge in [0, 0.05) is 24.2 Å². The third-order valence-electron chi connectivity index (χ3n) is 4.72. The van der Waals surface area contributed by atoms with Gasteiger partial charge in [0.2, 0.25) is 0 Å². The first kappa shape index (κ1) is 14.7. The average Bonchev–Trinajstić information content (AvgIpc) is 2.86. The van der Waals surface area contributed by atoms with Crippen LogP contribution in [0.1, 0.15) is 38.5 Å². The highest BCUT2D eigenvalue weighted by molar-refractivity contribution is 6.18. The van der Waals surface area contributed by atoms with E-state index in [-0.39, 0.29) is 12.1 Å². The number of benzene rings is 1. The van der Waals surface area contributed by atoms with Crippen LogP contribution < -0.4 is 4.90 Å². The van der Waals surface area contributed by atoms with E-state index in [2.05, 4.69) is 4.90 Å². The maximum absolute atomic E-state index is 12.9. The molecule has 0 spiro atoms. The van der Waals surface area contributed by atoms with Crippen LogP contribution in [0.15, 0.2) is 30.3 Å². The van der Waals surface area contributed by atoms with Gasteiger partial charge in [-0.3, -0.25) is 4.90 Å². The fourth-order valence-corrected chi connectivity index (χ4v) is 3.89. The van der Waals surface area contributed by atoms with Gasteiger partial charge in [0.15, 0.2) is 0 Å². The molecule has 1 aliphatic carbocycles. The number of anilines is 1. The van der Waals surface area contributed by atoms with E-state index in [0.29, 0.717) is 11.9 Å². The number of halogens is 1. The van der Waals surface area contributed by atoms with Gasteiger partial charge < -0.3 is 4.90 Å². The zero-order valence-corrected chi connectivity index (χ0v) is 13.1. The van der Waals surface area contributed by atoms with Crippen molar-refractivity contribution in [3.8, 4) is 0 Å². The first-order valence-electron chi connectivity index (χ1n) is 8.02. The van der Waals surface area contributed by atoms with Crippen LogP contribution in [0, 0.1) is 0 Å². The molecule has 114 valence electrons. The van der Waals surface area contributed by atoms with E-state index in [4.69, 9.17) is 11.6 Å². The number of hydrogen-bond donors (Lipinski definition) is 0. The molecule has 0 bridgehead atoms. The van der Waals surface area contributed by atoms with Crippen molar-refractivity contribution in [3.63, 3.8) is 0 Å². The molecule has 2 fully saturated rings. The van der Waals surface area contributed by atoms with Gasteiger partial charge in [-0.2, -0.15) is 0 Å². The van der Waals surface area contributed by atoms with E-state index in [1.165, 1.54) is 19.3 Å². The van der Waals surface area contributed by atoms with Gasteiger partial charge in [-0.25, -0.2) is 4.79 Å². The number of carbonyl (C=O) groups excluding carboxylic acids is 1. The van der Waals surface area contributed by atoms with Crippen LogP contribution in [0.3, 0.4) is 0 Å². The van der Waals surface area contributed by atoms with Gasteiger partial charge >= 0.3 is 6.03 Å². The highest BCUT2D eigenvalue weighted by Crippen LogP contribution is 2.32. The third-order valence-corrected chi connectivity index (χ3v) is 4.93. The van der Waals surface area contributed by atoms with Crippen LogP contribution in [0.5, 0.6) is 0 Å². The fourth-order valence-electron chi connectivity index (χ4n) is 3.64. The molecular weight excluding hydrogens is 284 g/mol. The monoisotopic (exact) mass is 306 g/mol. The maximum atomic E-state index is 12.9. The van der Waals surface area contributed by atoms with Crippen molar-refractivity contribution in [3.05, 3.63) is 30.3 Å². The van der Waals surface area contributed by atoms with Crippen LogP contribution in [0.4, 0.5) is 10.5 Å². The molecule has 3 rings (SSSR count). The molecule has 3 nitrogen and oxygen atoms in total. The van der Waals surface area contributed by atoms with Crippen LogP contribution in [0.2, 0.25) is 0 Å². The van der Waals surface area contributed by atoms with Gasteiger partial charge in [0.25, 0.3) is 0 Å². The zero-order valence-electron chi connectivity index (χ0n) is 12.4. The minimum Gasteiger partial charge on any atom is -0.319 e. The van der Waals surface area contributed by atoms with E-state index < -0.39 is 0 Å². The summed E-state index contributed by atoms with van der Waals surface area (Å²) in [5.41, 5.74) is 0.996. The molecule has 4 heteroatoms. The first-order valence-corrected chi connectivity index (χ1v) is 8.55. The lowest BCUT2D eigenvalue weighted by molar-refractivity contribution is 0.180. The molecule has 1 saturated carbocycles. The summed E-state index contributed by atoms with van der Waals surface area (Å²) in [6.07, 6.45) is 6.97. The van der Waals surface area contributed by atoms with Crippen LogP contribution >= 0.6 is 11.6 Å². The Balaban J connectivity index is 1.82. The molecule has 1 aliphatic heterocycles. The van der Waals surface area contributed by atoms with E-state index in [9.17, 15) is 4.79 Å².